The van der Waals surface area contributed by atoms with Gasteiger partial charge >= 0.3 is 0 Å². The minimum atomic E-state index is -1.20. The number of rotatable bonds is 3. The highest BCUT2D eigenvalue weighted by Gasteiger charge is 2.07. The molecule has 0 saturated carbocycles. The van der Waals surface area contributed by atoms with E-state index in [0.29, 0.717) is 5.75 Å². The van der Waals surface area contributed by atoms with Crippen LogP contribution in [0.15, 0.2) is 18.2 Å². The van der Waals surface area contributed by atoms with Gasteiger partial charge in [-0.05, 0) is 18.1 Å². The van der Waals surface area contributed by atoms with Crippen LogP contribution in [0.4, 0.5) is 0 Å². The fourth-order valence-electron chi connectivity index (χ4n) is 1.27. The van der Waals surface area contributed by atoms with Crippen LogP contribution in [-0.2, 0) is 6.42 Å². The van der Waals surface area contributed by atoms with E-state index in [1.54, 1.807) is 6.07 Å². The Morgan fingerprint density at radius 1 is 1.54 bits per heavy atom. The van der Waals surface area contributed by atoms with Crippen LogP contribution in [0.5, 0.6) is 5.75 Å². The summed E-state index contributed by atoms with van der Waals surface area (Å²) in [5.41, 5.74) is 0.992. The summed E-state index contributed by atoms with van der Waals surface area (Å²) in [5, 5.41) is 10.7. The zero-order valence-corrected chi connectivity index (χ0v) is 7.66. The largest absolute Gasteiger partial charge is 0.545 e. The van der Waals surface area contributed by atoms with Crippen LogP contribution in [0, 0.1) is 0 Å². The molecule has 0 fully saturated rings. The molecule has 0 aliphatic heterocycles. The van der Waals surface area contributed by atoms with E-state index in [-0.39, 0.29) is 5.56 Å². The van der Waals surface area contributed by atoms with E-state index in [2.05, 4.69) is 0 Å². The van der Waals surface area contributed by atoms with Crippen LogP contribution in [-0.4, -0.2) is 13.1 Å². The summed E-state index contributed by atoms with van der Waals surface area (Å²) in [4.78, 5) is 10.7. The molecule has 0 amide bonds. The van der Waals surface area contributed by atoms with Crippen LogP contribution in [0.2, 0.25) is 0 Å². The molecule has 1 aromatic carbocycles. The molecule has 0 unspecified atom stereocenters. The molecule has 0 saturated heterocycles. The van der Waals surface area contributed by atoms with Crippen molar-refractivity contribution < 1.29 is 14.6 Å². The number of hydrogen-bond acceptors (Lipinski definition) is 3. The van der Waals surface area contributed by atoms with Crippen molar-refractivity contribution >= 4 is 5.97 Å². The molecule has 0 aliphatic rings. The van der Waals surface area contributed by atoms with E-state index in [9.17, 15) is 9.90 Å². The van der Waals surface area contributed by atoms with E-state index >= 15 is 0 Å². The van der Waals surface area contributed by atoms with Crippen LogP contribution >= 0.6 is 0 Å². The number of carboxylic acid groups (broad SMARTS) is 1. The monoisotopic (exact) mass is 179 g/mol. The number of carboxylic acids is 1. The van der Waals surface area contributed by atoms with E-state index in [0.717, 1.165) is 12.0 Å². The average Bonchev–Trinajstić information content (AvgIpc) is 2.16. The minimum Gasteiger partial charge on any atom is -0.545 e. The van der Waals surface area contributed by atoms with Crippen molar-refractivity contribution in [3.05, 3.63) is 29.3 Å². The fraction of sp³-hybridized carbons (Fsp3) is 0.300. The number of aryl methyl sites for hydroxylation is 1. The Morgan fingerprint density at radius 3 is 2.69 bits per heavy atom. The highest BCUT2D eigenvalue weighted by molar-refractivity contribution is 5.89. The molecule has 3 nitrogen and oxygen atoms in total. The number of ether oxygens (including phenoxy) is 1. The van der Waals surface area contributed by atoms with Gasteiger partial charge in [-0.3, -0.25) is 0 Å². The Hall–Kier alpha value is -1.51. The Labute approximate surface area is 77.0 Å². The molecule has 0 aliphatic carbocycles. The highest BCUT2D eigenvalue weighted by Crippen LogP contribution is 2.23. The first-order valence-electron chi connectivity index (χ1n) is 4.08. The molecule has 70 valence electrons. The molecular formula is C10H11O3-. The van der Waals surface area contributed by atoms with Gasteiger partial charge in [0, 0.05) is 5.56 Å². The third-order valence-corrected chi connectivity index (χ3v) is 1.90. The molecule has 0 heterocycles. The van der Waals surface area contributed by atoms with Gasteiger partial charge in [-0.1, -0.05) is 19.1 Å². The zero-order valence-electron chi connectivity index (χ0n) is 7.66. The lowest BCUT2D eigenvalue weighted by molar-refractivity contribution is -0.255. The molecule has 3 heteroatoms. The number of carbonyl (C=O) groups is 1. The average molecular weight is 179 g/mol. The summed E-state index contributed by atoms with van der Waals surface area (Å²) >= 11 is 0. The second-order valence-electron chi connectivity index (χ2n) is 2.64. The smallest absolute Gasteiger partial charge is 0.131 e. The summed E-state index contributed by atoms with van der Waals surface area (Å²) in [5.74, 6) is -0.794. The number of para-hydroxylation sites is 1. The normalized spacial score (nSPS) is 9.69. The van der Waals surface area contributed by atoms with Crippen molar-refractivity contribution in [3.8, 4) is 5.75 Å². The van der Waals surface area contributed by atoms with Crippen molar-refractivity contribution in [1.82, 2.24) is 0 Å². The van der Waals surface area contributed by atoms with Crippen molar-refractivity contribution in [3.63, 3.8) is 0 Å². The lowest BCUT2D eigenvalue weighted by Crippen LogP contribution is -2.23. The molecular weight excluding hydrogens is 168 g/mol. The lowest BCUT2D eigenvalue weighted by atomic mass is 10.1. The quantitative estimate of drug-likeness (QED) is 0.683. The third-order valence-electron chi connectivity index (χ3n) is 1.90. The Morgan fingerprint density at radius 2 is 2.23 bits per heavy atom. The van der Waals surface area contributed by atoms with Gasteiger partial charge in [0.1, 0.15) is 5.75 Å². The van der Waals surface area contributed by atoms with E-state index in [4.69, 9.17) is 4.74 Å². The summed E-state index contributed by atoms with van der Waals surface area (Å²) in [7, 11) is 1.46. The lowest BCUT2D eigenvalue weighted by Gasteiger charge is -2.12. The van der Waals surface area contributed by atoms with Crippen LogP contribution in [0.3, 0.4) is 0 Å². The summed E-state index contributed by atoms with van der Waals surface area (Å²) in [6, 6.07) is 5.01. The van der Waals surface area contributed by atoms with Crippen molar-refractivity contribution in [2.75, 3.05) is 7.11 Å². The first-order chi connectivity index (χ1) is 6.20. The van der Waals surface area contributed by atoms with Gasteiger partial charge in [0.2, 0.25) is 0 Å². The van der Waals surface area contributed by atoms with E-state index in [1.807, 2.05) is 13.0 Å². The number of methoxy groups -OCH3 is 1. The maximum Gasteiger partial charge on any atom is 0.131 e. The summed E-state index contributed by atoms with van der Waals surface area (Å²) in [6.07, 6.45) is 0.740. The van der Waals surface area contributed by atoms with Crippen molar-refractivity contribution in [1.29, 1.82) is 0 Å². The van der Waals surface area contributed by atoms with Gasteiger partial charge in [0.05, 0.1) is 13.1 Å². The van der Waals surface area contributed by atoms with Crippen LogP contribution in [0.1, 0.15) is 22.8 Å². The topological polar surface area (TPSA) is 49.4 Å². The third kappa shape index (κ3) is 1.80. The predicted octanol–water partition coefficient (Wildman–Crippen LogP) is 0.621. The maximum atomic E-state index is 10.7. The second kappa shape index (κ2) is 3.94. The van der Waals surface area contributed by atoms with Gasteiger partial charge < -0.3 is 14.6 Å². The second-order valence-corrected chi connectivity index (χ2v) is 2.64. The molecule has 0 N–H and O–H groups in total. The first-order valence-corrected chi connectivity index (χ1v) is 4.08. The van der Waals surface area contributed by atoms with Crippen LogP contribution in [0.25, 0.3) is 0 Å². The first kappa shape index (κ1) is 9.58. The molecule has 13 heavy (non-hydrogen) atoms. The molecule has 0 aromatic heterocycles. The number of aromatic carboxylic acids is 1. The van der Waals surface area contributed by atoms with Crippen LogP contribution < -0.4 is 9.84 Å². The molecule has 1 rings (SSSR count). The Kier molecular flexibility index (Phi) is 2.90. The minimum absolute atomic E-state index is 0.113. The fourth-order valence-corrected chi connectivity index (χ4v) is 1.27. The van der Waals surface area contributed by atoms with Gasteiger partial charge in [0.25, 0.3) is 0 Å². The van der Waals surface area contributed by atoms with Gasteiger partial charge in [0.15, 0.2) is 0 Å². The Balaban J connectivity index is 3.27. The molecule has 1 aromatic rings. The number of carbonyl (C=O) groups excluding carboxylic acids is 1. The highest BCUT2D eigenvalue weighted by atomic mass is 16.5. The molecule has 0 spiro atoms. The van der Waals surface area contributed by atoms with Gasteiger partial charge in [-0.15, -0.1) is 0 Å². The van der Waals surface area contributed by atoms with Crippen molar-refractivity contribution in [2.24, 2.45) is 0 Å². The molecule has 0 radical (unpaired) electrons. The SMILES string of the molecule is CCc1cccc(C(=O)[O-])c1OC. The summed E-state index contributed by atoms with van der Waals surface area (Å²) < 4.78 is 5.01. The molecule has 0 atom stereocenters. The standard InChI is InChI=1S/C10H12O3/c1-3-7-5-4-6-8(10(11)12)9(7)13-2/h4-6H,3H2,1-2H3,(H,11,12)/p-1. The number of hydrogen-bond donors (Lipinski definition) is 0. The maximum absolute atomic E-state index is 10.7. The molecule has 0 bridgehead atoms. The summed E-state index contributed by atoms with van der Waals surface area (Å²) in [6.45, 7) is 1.94. The Bertz CT molecular complexity index is 318. The van der Waals surface area contributed by atoms with E-state index < -0.39 is 5.97 Å². The number of benzene rings is 1. The van der Waals surface area contributed by atoms with Crippen molar-refractivity contribution in [2.45, 2.75) is 13.3 Å². The predicted molar refractivity (Wildman–Crippen MR) is 46.7 cm³/mol. The van der Waals surface area contributed by atoms with E-state index in [1.165, 1.54) is 13.2 Å². The van der Waals surface area contributed by atoms with Gasteiger partial charge in [-0.2, -0.15) is 0 Å². The van der Waals surface area contributed by atoms with Gasteiger partial charge in [-0.25, -0.2) is 0 Å². The zero-order chi connectivity index (χ0) is 9.84.